The number of hydrogen-bond donors (Lipinski definition) is 1. The summed E-state index contributed by atoms with van der Waals surface area (Å²) in [7, 11) is 1.56. The lowest BCUT2D eigenvalue weighted by atomic mass is 10.1. The van der Waals surface area contributed by atoms with Gasteiger partial charge in [0.05, 0.1) is 19.7 Å². The third-order valence-corrected chi connectivity index (χ3v) is 7.56. The first-order valence-electron chi connectivity index (χ1n) is 12.2. The Morgan fingerprint density at radius 1 is 1.17 bits per heavy atom. The van der Waals surface area contributed by atoms with Gasteiger partial charge < -0.3 is 24.8 Å². The van der Waals surface area contributed by atoms with E-state index in [0.29, 0.717) is 43.9 Å². The van der Waals surface area contributed by atoms with Crippen LogP contribution >= 0.6 is 11.3 Å². The number of likely N-dealkylation sites (tertiary alicyclic amines) is 1. The van der Waals surface area contributed by atoms with Crippen LogP contribution in [0.1, 0.15) is 35.5 Å². The Labute approximate surface area is 210 Å². The van der Waals surface area contributed by atoms with Gasteiger partial charge in [0.2, 0.25) is 11.8 Å². The van der Waals surface area contributed by atoms with E-state index in [-0.39, 0.29) is 29.7 Å². The van der Waals surface area contributed by atoms with Crippen LogP contribution < -0.4 is 10.1 Å². The van der Waals surface area contributed by atoms with Crippen molar-refractivity contribution in [3.05, 3.63) is 52.2 Å². The van der Waals surface area contributed by atoms with Crippen LogP contribution in [0.25, 0.3) is 0 Å². The molecule has 8 nitrogen and oxygen atoms in total. The van der Waals surface area contributed by atoms with Crippen molar-refractivity contribution in [1.29, 1.82) is 0 Å². The van der Waals surface area contributed by atoms with Gasteiger partial charge in [-0.25, -0.2) is 0 Å². The lowest BCUT2D eigenvalue weighted by molar-refractivity contribution is -0.138. The zero-order valence-electron chi connectivity index (χ0n) is 20.6. The molecular weight excluding hydrogens is 464 g/mol. The maximum Gasteiger partial charge on any atom is 0.254 e. The minimum atomic E-state index is -0.609. The molecular formula is C26H34N4O4S. The first-order chi connectivity index (χ1) is 16.9. The molecule has 1 aromatic carbocycles. The summed E-state index contributed by atoms with van der Waals surface area (Å²) in [6.45, 7) is 7.29. The predicted molar refractivity (Wildman–Crippen MR) is 135 cm³/mol. The molecule has 2 aliphatic heterocycles. The second-order valence-electron chi connectivity index (χ2n) is 9.37. The predicted octanol–water partition coefficient (Wildman–Crippen LogP) is 2.46. The number of hydrogen-bond acceptors (Lipinski definition) is 6. The Morgan fingerprint density at radius 3 is 2.60 bits per heavy atom. The molecule has 2 unspecified atom stereocenters. The quantitative estimate of drug-likeness (QED) is 0.634. The number of benzene rings is 1. The molecule has 1 aromatic heterocycles. The van der Waals surface area contributed by atoms with Crippen molar-refractivity contribution in [3.8, 4) is 5.75 Å². The zero-order chi connectivity index (χ0) is 24.9. The molecule has 2 atom stereocenters. The molecule has 2 aromatic rings. The van der Waals surface area contributed by atoms with Gasteiger partial charge in [-0.15, -0.1) is 11.3 Å². The highest BCUT2D eigenvalue weighted by molar-refractivity contribution is 7.09. The van der Waals surface area contributed by atoms with Crippen LogP contribution in [0.4, 0.5) is 0 Å². The van der Waals surface area contributed by atoms with E-state index in [1.54, 1.807) is 47.6 Å². The Bertz CT molecular complexity index is 1040. The molecule has 0 bridgehead atoms. The van der Waals surface area contributed by atoms with E-state index < -0.39 is 6.04 Å². The van der Waals surface area contributed by atoms with Crippen molar-refractivity contribution in [2.24, 2.45) is 5.92 Å². The number of rotatable bonds is 7. The highest BCUT2D eigenvalue weighted by Gasteiger charge is 2.45. The number of piperazine rings is 1. The molecule has 2 fully saturated rings. The van der Waals surface area contributed by atoms with Gasteiger partial charge in [-0.2, -0.15) is 0 Å². The van der Waals surface area contributed by atoms with Gasteiger partial charge in [0, 0.05) is 49.1 Å². The molecule has 2 saturated heterocycles. The van der Waals surface area contributed by atoms with Gasteiger partial charge in [-0.1, -0.05) is 26.0 Å². The van der Waals surface area contributed by atoms with E-state index in [0.717, 1.165) is 18.0 Å². The van der Waals surface area contributed by atoms with Crippen LogP contribution in [-0.2, 0) is 16.1 Å². The topological polar surface area (TPSA) is 82.2 Å². The number of thiophene rings is 1. The number of nitrogens with zero attached hydrogens (tertiary/aromatic N) is 3. The van der Waals surface area contributed by atoms with E-state index in [2.05, 4.69) is 5.32 Å². The average Bonchev–Trinajstić information content (AvgIpc) is 3.56. The van der Waals surface area contributed by atoms with Crippen LogP contribution in [0.3, 0.4) is 0 Å². The Balaban J connectivity index is 1.64. The van der Waals surface area contributed by atoms with Gasteiger partial charge in [-0.3, -0.25) is 14.4 Å². The van der Waals surface area contributed by atoms with Gasteiger partial charge >= 0.3 is 0 Å². The molecule has 0 aliphatic carbocycles. The summed E-state index contributed by atoms with van der Waals surface area (Å²) < 4.78 is 5.31. The van der Waals surface area contributed by atoms with Crippen LogP contribution in [0.5, 0.6) is 5.75 Å². The largest absolute Gasteiger partial charge is 0.497 e. The normalized spacial score (nSPS) is 20.2. The molecule has 0 saturated carbocycles. The van der Waals surface area contributed by atoms with Crippen molar-refractivity contribution < 1.29 is 19.1 Å². The molecule has 4 rings (SSSR count). The number of methoxy groups -OCH3 is 1. The lowest BCUT2D eigenvalue weighted by Crippen LogP contribution is -2.53. The molecule has 3 amide bonds. The van der Waals surface area contributed by atoms with Gasteiger partial charge in [0.1, 0.15) is 11.8 Å². The fourth-order valence-electron chi connectivity index (χ4n) is 4.81. The minimum absolute atomic E-state index is 0.0347. The maximum absolute atomic E-state index is 13.7. The average molecular weight is 499 g/mol. The van der Waals surface area contributed by atoms with E-state index in [1.165, 1.54) is 0 Å². The molecule has 0 spiro atoms. The van der Waals surface area contributed by atoms with Crippen LogP contribution in [0, 0.1) is 5.92 Å². The van der Waals surface area contributed by atoms with Crippen molar-refractivity contribution in [3.63, 3.8) is 0 Å². The molecule has 2 aliphatic rings. The summed E-state index contributed by atoms with van der Waals surface area (Å²) in [5.74, 6) is 0.185. The van der Waals surface area contributed by atoms with Crippen LogP contribution in [-0.4, -0.2) is 84.3 Å². The third kappa shape index (κ3) is 5.67. The summed E-state index contributed by atoms with van der Waals surface area (Å²) in [4.78, 5) is 47.1. The maximum atomic E-state index is 13.7. The van der Waals surface area contributed by atoms with Gasteiger partial charge in [0.25, 0.3) is 5.91 Å². The first kappa shape index (κ1) is 25.2. The van der Waals surface area contributed by atoms with Crippen molar-refractivity contribution in [2.45, 2.75) is 38.9 Å². The molecule has 35 heavy (non-hydrogen) atoms. The summed E-state index contributed by atoms with van der Waals surface area (Å²) in [6.07, 6.45) is 0.433. The Morgan fingerprint density at radius 2 is 1.94 bits per heavy atom. The number of carbonyl (C=O) groups is 3. The number of amides is 3. The standard InChI is InChI=1S/C26H34N4O4S/c1-18(2)24(31)29(17-22-8-5-13-35-22)20-15-23(26(33)28-11-9-27-10-12-28)30(16-20)25(32)19-6-4-7-21(14-19)34-3/h4-8,13-14,18,20,23,27H,9-12,15-17H2,1-3H3. The van der Waals surface area contributed by atoms with Gasteiger partial charge in [-0.05, 0) is 36.1 Å². The minimum Gasteiger partial charge on any atom is -0.497 e. The zero-order valence-corrected chi connectivity index (χ0v) is 21.4. The van der Waals surface area contributed by atoms with Gasteiger partial charge in [0.15, 0.2) is 0 Å². The Kier molecular flexibility index (Phi) is 8.07. The second kappa shape index (κ2) is 11.2. The number of ether oxygens (including phenoxy) is 1. The highest BCUT2D eigenvalue weighted by atomic mass is 32.1. The summed E-state index contributed by atoms with van der Waals surface area (Å²) in [5, 5.41) is 5.27. The van der Waals surface area contributed by atoms with E-state index in [1.807, 2.05) is 41.2 Å². The van der Waals surface area contributed by atoms with Crippen molar-refractivity contribution in [2.75, 3.05) is 39.8 Å². The number of carbonyl (C=O) groups excluding carboxylic acids is 3. The Hall–Kier alpha value is -2.91. The van der Waals surface area contributed by atoms with E-state index >= 15 is 0 Å². The van der Waals surface area contributed by atoms with Crippen molar-refractivity contribution in [1.82, 2.24) is 20.0 Å². The molecule has 0 radical (unpaired) electrons. The number of nitrogens with one attached hydrogen (secondary N) is 1. The third-order valence-electron chi connectivity index (χ3n) is 6.69. The monoisotopic (exact) mass is 498 g/mol. The molecule has 188 valence electrons. The lowest BCUT2D eigenvalue weighted by Gasteiger charge is -2.32. The first-order valence-corrected chi connectivity index (χ1v) is 13.0. The van der Waals surface area contributed by atoms with Crippen molar-refractivity contribution >= 4 is 29.1 Å². The highest BCUT2D eigenvalue weighted by Crippen LogP contribution is 2.29. The fourth-order valence-corrected chi connectivity index (χ4v) is 5.51. The molecule has 9 heteroatoms. The van der Waals surface area contributed by atoms with E-state index in [4.69, 9.17) is 4.74 Å². The SMILES string of the molecule is COc1cccc(C(=O)N2CC(N(Cc3cccs3)C(=O)C(C)C)CC2C(=O)N2CCNCC2)c1. The van der Waals surface area contributed by atoms with E-state index in [9.17, 15) is 14.4 Å². The van der Waals surface area contributed by atoms with Crippen LogP contribution in [0.2, 0.25) is 0 Å². The fraction of sp³-hybridized carbons (Fsp3) is 0.500. The molecule has 3 heterocycles. The summed E-state index contributed by atoms with van der Waals surface area (Å²) >= 11 is 1.61. The smallest absolute Gasteiger partial charge is 0.254 e. The summed E-state index contributed by atoms with van der Waals surface area (Å²) in [5.41, 5.74) is 0.475. The second-order valence-corrected chi connectivity index (χ2v) is 10.4. The van der Waals surface area contributed by atoms with Crippen LogP contribution in [0.15, 0.2) is 41.8 Å². The summed E-state index contributed by atoms with van der Waals surface area (Å²) in [6, 6.07) is 10.2. The molecule has 1 N–H and O–H groups in total.